The number of rotatable bonds is 10. The Hall–Kier alpha value is -3.59. The van der Waals surface area contributed by atoms with Gasteiger partial charge in [-0.25, -0.2) is 4.39 Å². The second kappa shape index (κ2) is 12.1. The molecule has 8 heteroatoms. The van der Waals surface area contributed by atoms with Crippen LogP contribution in [0.3, 0.4) is 0 Å². The lowest BCUT2D eigenvalue weighted by molar-refractivity contribution is -0.272. The lowest BCUT2D eigenvalue weighted by Crippen LogP contribution is -2.36. The lowest BCUT2D eigenvalue weighted by atomic mass is 9.93. The Morgan fingerprint density at radius 3 is 2.33 bits per heavy atom. The molecule has 0 fully saturated rings. The van der Waals surface area contributed by atoms with Gasteiger partial charge in [0, 0.05) is 48.5 Å². The van der Waals surface area contributed by atoms with E-state index in [0.29, 0.717) is 40.7 Å². The minimum Gasteiger partial charge on any atom is -0.454 e. The van der Waals surface area contributed by atoms with E-state index in [0.717, 1.165) is 12.0 Å². The fourth-order valence-electron chi connectivity index (χ4n) is 4.43. The molecule has 7 nitrogen and oxygen atoms in total. The van der Waals surface area contributed by atoms with Crippen LogP contribution >= 0.6 is 0 Å². The predicted molar refractivity (Wildman–Crippen MR) is 152 cm³/mol. The summed E-state index contributed by atoms with van der Waals surface area (Å²) in [7, 11) is 2.79. The highest BCUT2D eigenvalue weighted by Crippen LogP contribution is 2.40. The number of hydrogen-bond donors (Lipinski definition) is 2. The molecule has 0 spiro atoms. The fraction of sp³-hybridized carbons (Fsp3) is 0.355. The molecular formula is C31H38FN2O5+. The van der Waals surface area contributed by atoms with Crippen LogP contribution in [0.2, 0.25) is 0 Å². The van der Waals surface area contributed by atoms with Gasteiger partial charge >= 0.3 is 0 Å². The van der Waals surface area contributed by atoms with E-state index in [1.807, 2.05) is 20.8 Å². The van der Waals surface area contributed by atoms with E-state index in [-0.39, 0.29) is 34.4 Å². The smallest absolute Gasteiger partial charge is 0.253 e. The summed E-state index contributed by atoms with van der Waals surface area (Å²) in [5, 5.41) is 20.6. The van der Waals surface area contributed by atoms with Gasteiger partial charge in [-0.1, -0.05) is 40.2 Å². The van der Waals surface area contributed by atoms with Crippen LogP contribution in [0.15, 0.2) is 53.0 Å². The van der Waals surface area contributed by atoms with E-state index in [1.165, 1.54) is 35.9 Å². The zero-order valence-corrected chi connectivity index (χ0v) is 23.7. The molecule has 39 heavy (non-hydrogen) atoms. The van der Waals surface area contributed by atoms with Crippen molar-refractivity contribution in [3.63, 3.8) is 0 Å². The van der Waals surface area contributed by atoms with E-state index in [9.17, 15) is 20.0 Å². The number of halogens is 1. The summed E-state index contributed by atoms with van der Waals surface area (Å²) in [6.45, 7) is 9.39. The molecule has 1 aromatic heterocycles. The van der Waals surface area contributed by atoms with Crippen LogP contribution in [0.25, 0.3) is 17.2 Å². The van der Waals surface area contributed by atoms with E-state index < -0.39 is 10.6 Å². The number of ketones is 1. The molecule has 0 unspecified atom stereocenters. The number of benzene rings is 2. The van der Waals surface area contributed by atoms with Crippen molar-refractivity contribution >= 4 is 17.5 Å². The highest BCUT2D eigenvalue weighted by Gasteiger charge is 2.25. The summed E-state index contributed by atoms with van der Waals surface area (Å²) in [4.78, 5) is 24.3. The second-order valence-electron chi connectivity index (χ2n) is 10.2. The Morgan fingerprint density at radius 2 is 1.77 bits per heavy atom. The molecule has 0 atom stereocenters. The van der Waals surface area contributed by atoms with Gasteiger partial charge < -0.3 is 9.30 Å². The average molecular weight is 538 g/mol. The molecule has 3 aromatic rings. The van der Waals surface area contributed by atoms with Gasteiger partial charge in [-0.2, -0.15) is 10.4 Å². The summed E-state index contributed by atoms with van der Waals surface area (Å²) in [5.74, 6) is -0.161. The first-order valence-corrected chi connectivity index (χ1v) is 13.2. The van der Waals surface area contributed by atoms with Crippen molar-refractivity contribution in [1.29, 1.82) is 0 Å². The van der Waals surface area contributed by atoms with E-state index in [4.69, 9.17) is 4.74 Å². The van der Waals surface area contributed by atoms with Crippen molar-refractivity contribution < 1.29 is 24.3 Å². The zero-order chi connectivity index (χ0) is 29.1. The monoisotopic (exact) mass is 537 g/mol. The summed E-state index contributed by atoms with van der Waals surface area (Å²) in [5.41, 5.74) is 3.17. The average Bonchev–Trinajstić information content (AvgIpc) is 2.88. The van der Waals surface area contributed by atoms with E-state index in [2.05, 4.69) is 0 Å². The Morgan fingerprint density at radius 1 is 1.10 bits per heavy atom. The second-order valence-corrected chi connectivity index (χ2v) is 10.2. The van der Waals surface area contributed by atoms with Crippen molar-refractivity contribution in [2.45, 2.75) is 59.8 Å². The molecular weight excluding hydrogens is 499 g/mol. The molecule has 0 amide bonds. The first-order valence-electron chi connectivity index (χ1n) is 13.2. The molecule has 0 radical (unpaired) electrons. The van der Waals surface area contributed by atoms with Gasteiger partial charge in [0.05, 0.1) is 0 Å². The molecule has 0 aliphatic rings. The molecule has 0 bridgehead atoms. The standard InChI is InChI=1S/C31H38FN2O5/c1-8-10-22(28(35)9-2)15-24-20(5)31(36)33(6)18-26(24)25-17-23(34(7,37)38)12-14-29(25)39-30-13-11-21(19(3)4)16-27(30)32/h11-19,37-38H,8-10H2,1-7H3/q+1/b22-15+. The van der Waals surface area contributed by atoms with Gasteiger partial charge in [-0.15, -0.1) is 0 Å². The molecule has 1 heterocycles. The third-order valence-corrected chi connectivity index (χ3v) is 6.76. The van der Waals surface area contributed by atoms with Gasteiger partial charge in [-0.05, 0) is 65.0 Å². The number of allylic oxidation sites excluding steroid dienone is 1. The zero-order valence-electron chi connectivity index (χ0n) is 23.7. The van der Waals surface area contributed by atoms with Gasteiger partial charge in [0.1, 0.15) is 12.8 Å². The SMILES string of the molecule is CCC/C(=C\c1c(-c2cc([N+](C)(O)O)ccc2Oc2ccc(C(C)C)cc2F)cn(C)c(=O)c1C)C(=O)CC. The number of aromatic nitrogens is 1. The number of hydrogen-bond acceptors (Lipinski definition) is 5. The van der Waals surface area contributed by atoms with Crippen LogP contribution in [0, 0.1) is 12.7 Å². The summed E-state index contributed by atoms with van der Waals surface area (Å²) < 4.78 is 22.5. The highest BCUT2D eigenvalue weighted by molar-refractivity contribution is 6.00. The molecule has 0 saturated carbocycles. The Labute approximate surface area is 228 Å². The number of quaternary nitrogens is 1. The largest absolute Gasteiger partial charge is 0.454 e. The van der Waals surface area contributed by atoms with Crippen LogP contribution in [0.5, 0.6) is 11.5 Å². The van der Waals surface area contributed by atoms with Gasteiger partial charge in [0.25, 0.3) is 5.56 Å². The quantitative estimate of drug-likeness (QED) is 0.161. The minimum atomic E-state index is -1.45. The summed E-state index contributed by atoms with van der Waals surface area (Å²) >= 11 is 0. The Balaban J connectivity index is 2.34. The maximum absolute atomic E-state index is 15.0. The third kappa shape index (κ3) is 6.71. The molecule has 3 rings (SSSR count). The van der Waals surface area contributed by atoms with Crippen molar-refractivity contribution in [1.82, 2.24) is 9.38 Å². The van der Waals surface area contributed by atoms with Crippen molar-refractivity contribution in [3.05, 3.63) is 81.0 Å². The van der Waals surface area contributed by atoms with Gasteiger partial charge in [0.2, 0.25) is 0 Å². The first kappa shape index (κ1) is 30.0. The van der Waals surface area contributed by atoms with E-state index >= 15 is 4.39 Å². The van der Waals surface area contributed by atoms with Gasteiger partial charge in [0.15, 0.2) is 23.0 Å². The number of Topliss-reactive ketones (excluding diaryl/α,β-unsaturated/α-hetero) is 1. The van der Waals surface area contributed by atoms with E-state index in [1.54, 1.807) is 45.3 Å². The number of pyridine rings is 1. The minimum absolute atomic E-state index is 0.00474. The summed E-state index contributed by atoms with van der Waals surface area (Å²) in [6, 6.07) is 9.31. The Bertz CT molecular complexity index is 1470. The normalized spacial score (nSPS) is 12.2. The summed E-state index contributed by atoms with van der Waals surface area (Å²) in [6.07, 6.45) is 4.97. The Kier molecular flexibility index (Phi) is 9.27. The fourth-order valence-corrected chi connectivity index (χ4v) is 4.43. The molecule has 2 N–H and O–H groups in total. The number of nitrogens with zero attached hydrogens (tertiary/aromatic N) is 2. The number of carbonyl (C=O) groups is 1. The number of carbonyl (C=O) groups excluding carboxylic acids is 1. The third-order valence-electron chi connectivity index (χ3n) is 6.76. The first-order chi connectivity index (χ1) is 18.3. The van der Waals surface area contributed by atoms with Crippen molar-refractivity contribution in [2.75, 3.05) is 7.05 Å². The van der Waals surface area contributed by atoms with Crippen molar-refractivity contribution in [2.24, 2.45) is 7.05 Å². The van der Waals surface area contributed by atoms with Crippen molar-refractivity contribution in [3.8, 4) is 22.6 Å². The molecule has 2 aromatic carbocycles. The maximum atomic E-state index is 15.0. The predicted octanol–water partition coefficient (Wildman–Crippen LogP) is 7.29. The lowest BCUT2D eigenvalue weighted by Gasteiger charge is -2.20. The van der Waals surface area contributed by atoms with Gasteiger partial charge in [-0.3, -0.25) is 9.59 Å². The number of hydroxylamine groups is 2. The topological polar surface area (TPSA) is 88.8 Å². The highest BCUT2D eigenvalue weighted by atomic mass is 19.1. The van der Waals surface area contributed by atoms with Crippen LogP contribution in [-0.4, -0.2) is 27.8 Å². The number of ether oxygens (including phenoxy) is 1. The van der Waals surface area contributed by atoms with Crippen LogP contribution in [0.1, 0.15) is 69.6 Å². The molecule has 0 aliphatic carbocycles. The van der Waals surface area contributed by atoms with Crippen LogP contribution in [-0.2, 0) is 11.8 Å². The maximum Gasteiger partial charge on any atom is 0.253 e. The van der Waals surface area contributed by atoms with Crippen LogP contribution in [0.4, 0.5) is 10.1 Å². The molecule has 208 valence electrons. The number of aryl methyl sites for hydroxylation is 1. The molecule has 0 aliphatic heterocycles. The van der Waals surface area contributed by atoms with Crippen LogP contribution < -0.4 is 15.1 Å². The molecule has 0 saturated heterocycles.